The number of halogens is 1. The van der Waals surface area contributed by atoms with Gasteiger partial charge < -0.3 is 5.11 Å². The van der Waals surface area contributed by atoms with Gasteiger partial charge in [0, 0.05) is 4.47 Å². The van der Waals surface area contributed by atoms with E-state index in [1.807, 2.05) is 0 Å². The van der Waals surface area contributed by atoms with Crippen LogP contribution < -0.4 is 0 Å². The fourth-order valence-electron chi connectivity index (χ4n) is 0.549. The quantitative estimate of drug-likeness (QED) is 0.713. The van der Waals surface area contributed by atoms with E-state index < -0.39 is 6.58 Å². The largest absolute Gasteiger partial charge is 0.392 e. The van der Waals surface area contributed by atoms with Crippen LogP contribution in [-0.4, -0.2) is 5.11 Å². The van der Waals surface area contributed by atoms with Crippen molar-refractivity contribution in [2.45, 2.75) is 6.58 Å². The highest BCUT2D eigenvalue weighted by molar-refractivity contribution is 9.10. The summed E-state index contributed by atoms with van der Waals surface area (Å²) in [5.74, 6) is 0. The maximum Gasteiger partial charge on any atom is 0.0681 e. The summed E-state index contributed by atoms with van der Waals surface area (Å²) in [7, 11) is 0. The molecule has 1 rings (SSSR count). The lowest BCUT2D eigenvalue weighted by Gasteiger charge is -1.92. The Hall–Kier alpha value is -0.340. The molecule has 1 N–H and O–H groups in total. The first-order valence-electron chi connectivity index (χ1n) is 3.13. The van der Waals surface area contributed by atoms with E-state index in [1.54, 1.807) is 24.3 Å². The van der Waals surface area contributed by atoms with Crippen molar-refractivity contribution >= 4 is 15.9 Å². The van der Waals surface area contributed by atoms with Gasteiger partial charge in [-0.05, 0) is 17.7 Å². The predicted molar refractivity (Wildman–Crippen MR) is 40.1 cm³/mol. The average Bonchev–Trinajstić information content (AvgIpc) is 1.88. The van der Waals surface area contributed by atoms with Crippen molar-refractivity contribution in [3.8, 4) is 0 Å². The molecule has 0 unspecified atom stereocenters. The van der Waals surface area contributed by atoms with Crippen molar-refractivity contribution in [1.82, 2.24) is 0 Å². The zero-order valence-electron chi connectivity index (χ0n) is 5.71. The van der Waals surface area contributed by atoms with Crippen LogP contribution in [0.15, 0.2) is 28.7 Å². The van der Waals surface area contributed by atoms with Crippen LogP contribution in [0.1, 0.15) is 6.93 Å². The van der Waals surface area contributed by atoms with Crippen LogP contribution in [0.5, 0.6) is 0 Å². The summed E-state index contributed by atoms with van der Waals surface area (Å²) < 4.78 is 7.88. The van der Waals surface area contributed by atoms with Crippen LogP contribution in [0.4, 0.5) is 0 Å². The third-order valence-corrected chi connectivity index (χ3v) is 1.55. The second kappa shape index (κ2) is 2.99. The summed E-state index contributed by atoms with van der Waals surface area (Å²) in [5, 5.41) is 8.77. The van der Waals surface area contributed by atoms with E-state index >= 15 is 0 Å². The van der Waals surface area contributed by atoms with Crippen molar-refractivity contribution < 1.29 is 6.48 Å². The first kappa shape index (κ1) is 5.45. The van der Waals surface area contributed by atoms with E-state index in [1.165, 1.54) is 0 Å². The SMILES string of the molecule is [2H][C@H](O)c1ccc(Br)cc1. The van der Waals surface area contributed by atoms with Crippen LogP contribution >= 0.6 is 15.9 Å². The van der Waals surface area contributed by atoms with Gasteiger partial charge in [0.2, 0.25) is 0 Å². The minimum absolute atomic E-state index is 0.614. The molecule has 0 amide bonds. The number of benzene rings is 1. The molecule has 0 heterocycles. The van der Waals surface area contributed by atoms with E-state index in [4.69, 9.17) is 6.48 Å². The Bertz CT molecular complexity index is 207. The summed E-state index contributed by atoms with van der Waals surface area (Å²) in [6.07, 6.45) is 0. The maximum atomic E-state index is 8.77. The van der Waals surface area contributed by atoms with Gasteiger partial charge in [-0.3, -0.25) is 0 Å². The fourth-order valence-corrected chi connectivity index (χ4v) is 0.813. The second-order valence-corrected chi connectivity index (χ2v) is 2.60. The summed E-state index contributed by atoms with van der Waals surface area (Å²) in [6.45, 7) is -1.12. The number of hydrogen-bond acceptors (Lipinski definition) is 1. The molecule has 48 valence electrons. The zero-order valence-corrected chi connectivity index (χ0v) is 6.30. The van der Waals surface area contributed by atoms with Crippen molar-refractivity contribution in [1.29, 1.82) is 0 Å². The monoisotopic (exact) mass is 187 g/mol. The lowest BCUT2D eigenvalue weighted by molar-refractivity contribution is 0.282. The van der Waals surface area contributed by atoms with Gasteiger partial charge >= 0.3 is 0 Å². The molecule has 0 radical (unpaired) electrons. The highest BCUT2D eigenvalue weighted by Gasteiger charge is 1.86. The molecule has 0 saturated carbocycles. The Morgan fingerprint density at radius 1 is 1.44 bits per heavy atom. The molecule has 0 aromatic heterocycles. The third-order valence-electron chi connectivity index (χ3n) is 1.02. The van der Waals surface area contributed by atoms with Gasteiger partial charge in [0.25, 0.3) is 0 Å². The molecule has 1 nitrogen and oxygen atoms in total. The van der Waals surface area contributed by atoms with Crippen LogP contribution in [0, 0.1) is 0 Å². The Labute approximate surface area is 63.9 Å². The second-order valence-electron chi connectivity index (χ2n) is 1.68. The highest BCUT2D eigenvalue weighted by Crippen LogP contribution is 2.09. The van der Waals surface area contributed by atoms with Gasteiger partial charge in [-0.1, -0.05) is 28.1 Å². The molecule has 0 bridgehead atoms. The van der Waals surface area contributed by atoms with Gasteiger partial charge in [-0.15, -0.1) is 0 Å². The normalized spacial score (nSPS) is 14.7. The molecule has 0 aliphatic heterocycles. The third kappa shape index (κ3) is 1.80. The summed E-state index contributed by atoms with van der Waals surface area (Å²) in [6, 6.07) is 7.02. The van der Waals surface area contributed by atoms with Crippen molar-refractivity contribution in [2.24, 2.45) is 0 Å². The molecule has 1 aromatic rings. The Balaban J connectivity index is 2.89. The molecular weight excluding hydrogens is 180 g/mol. The predicted octanol–water partition coefficient (Wildman–Crippen LogP) is 1.94. The van der Waals surface area contributed by atoms with Crippen LogP contribution in [0.3, 0.4) is 0 Å². The van der Waals surface area contributed by atoms with E-state index in [-0.39, 0.29) is 0 Å². The molecule has 2 heteroatoms. The lowest BCUT2D eigenvalue weighted by Crippen LogP contribution is -1.79. The Kier molecular flexibility index (Phi) is 1.81. The van der Waals surface area contributed by atoms with Gasteiger partial charge in [0.05, 0.1) is 7.95 Å². The van der Waals surface area contributed by atoms with Crippen LogP contribution in [0.2, 0.25) is 0 Å². The number of hydrogen-bond donors (Lipinski definition) is 1. The minimum atomic E-state index is -1.12. The maximum absolute atomic E-state index is 8.77. The van der Waals surface area contributed by atoms with Gasteiger partial charge in [0.1, 0.15) is 0 Å². The molecule has 9 heavy (non-hydrogen) atoms. The molecule has 0 aliphatic rings. The van der Waals surface area contributed by atoms with E-state index in [2.05, 4.69) is 15.9 Å². The van der Waals surface area contributed by atoms with E-state index in [0.717, 1.165) is 4.47 Å². The molecule has 1 atom stereocenters. The van der Waals surface area contributed by atoms with E-state index in [9.17, 15) is 0 Å². The average molecular weight is 188 g/mol. The lowest BCUT2D eigenvalue weighted by atomic mass is 10.2. The summed E-state index contributed by atoms with van der Waals surface area (Å²) in [5.41, 5.74) is 0.614. The number of aliphatic hydroxyl groups is 1. The Morgan fingerprint density at radius 2 is 2.00 bits per heavy atom. The van der Waals surface area contributed by atoms with Crippen LogP contribution in [0.25, 0.3) is 0 Å². The Morgan fingerprint density at radius 3 is 2.44 bits per heavy atom. The standard InChI is InChI=1S/C7H7BrO/c8-7-3-1-6(5-9)2-4-7/h1-4,9H,5H2/i5D/t5-/m0/s1. The fraction of sp³-hybridized carbons (Fsp3) is 0.143. The van der Waals surface area contributed by atoms with Crippen molar-refractivity contribution in [3.05, 3.63) is 34.3 Å². The van der Waals surface area contributed by atoms with Crippen molar-refractivity contribution in [3.63, 3.8) is 0 Å². The molecule has 0 aliphatic carbocycles. The van der Waals surface area contributed by atoms with Crippen molar-refractivity contribution in [2.75, 3.05) is 0 Å². The van der Waals surface area contributed by atoms with Gasteiger partial charge in [0.15, 0.2) is 0 Å². The molecular formula is C7H7BrO. The van der Waals surface area contributed by atoms with Gasteiger partial charge in [-0.2, -0.15) is 0 Å². The molecule has 0 saturated heterocycles. The smallest absolute Gasteiger partial charge is 0.0681 e. The van der Waals surface area contributed by atoms with Crippen LogP contribution in [-0.2, 0) is 6.58 Å². The minimum Gasteiger partial charge on any atom is -0.392 e. The summed E-state index contributed by atoms with van der Waals surface area (Å²) in [4.78, 5) is 0. The molecule has 0 fully saturated rings. The highest BCUT2D eigenvalue weighted by atomic mass is 79.9. The van der Waals surface area contributed by atoms with Gasteiger partial charge in [-0.25, -0.2) is 0 Å². The van der Waals surface area contributed by atoms with E-state index in [0.29, 0.717) is 5.56 Å². The number of aliphatic hydroxyl groups excluding tert-OH is 1. The first-order chi connectivity index (χ1) is 4.70. The zero-order chi connectivity index (χ0) is 7.56. The topological polar surface area (TPSA) is 20.2 Å². The summed E-state index contributed by atoms with van der Waals surface area (Å²) >= 11 is 3.25. The first-order valence-corrected chi connectivity index (χ1v) is 3.35. The number of rotatable bonds is 1. The molecule has 1 aromatic carbocycles. The molecule has 0 spiro atoms.